The Morgan fingerprint density at radius 3 is 2.21 bits per heavy atom. The third kappa shape index (κ3) is 5.06. The van der Waals surface area contributed by atoms with Crippen molar-refractivity contribution in [2.45, 2.75) is 46.8 Å². The number of carbonyl (C=O) groups is 1. The van der Waals surface area contributed by atoms with Gasteiger partial charge in [0.25, 0.3) is 0 Å². The molecule has 0 aliphatic heterocycles. The Kier molecular flexibility index (Phi) is 6.87. The van der Waals surface area contributed by atoms with Crippen LogP contribution in [0.2, 0.25) is 0 Å². The van der Waals surface area contributed by atoms with Gasteiger partial charge in [-0.2, -0.15) is 0 Å². The van der Waals surface area contributed by atoms with Crippen molar-refractivity contribution in [3.8, 4) is 28.4 Å². The summed E-state index contributed by atoms with van der Waals surface area (Å²) in [6.45, 7) is 10.0. The largest absolute Gasteiger partial charge is 0.491 e. The second-order valence-electron chi connectivity index (χ2n) is 8.57. The summed E-state index contributed by atoms with van der Waals surface area (Å²) >= 11 is 0. The average molecular weight is 459 g/mol. The van der Waals surface area contributed by atoms with Crippen molar-refractivity contribution in [1.29, 1.82) is 0 Å². The molecule has 0 aliphatic rings. The smallest absolute Gasteiger partial charge is 0.355 e. The van der Waals surface area contributed by atoms with Gasteiger partial charge in [0, 0.05) is 11.5 Å². The highest BCUT2D eigenvalue weighted by molar-refractivity contribution is 5.98. The first-order chi connectivity index (χ1) is 16.4. The minimum atomic E-state index is -0.377. The summed E-state index contributed by atoms with van der Waals surface area (Å²) in [5, 5.41) is 0.936. The molecular formula is C28H30N2O4. The molecule has 0 spiro atoms. The zero-order valence-electron chi connectivity index (χ0n) is 20.2. The van der Waals surface area contributed by atoms with Crippen molar-refractivity contribution >= 4 is 16.9 Å². The minimum absolute atomic E-state index is 0.0327. The maximum absolute atomic E-state index is 12.8. The van der Waals surface area contributed by atoms with E-state index in [1.54, 1.807) is 13.1 Å². The van der Waals surface area contributed by atoms with E-state index in [1.165, 1.54) is 0 Å². The minimum Gasteiger partial charge on any atom is -0.491 e. The molecule has 34 heavy (non-hydrogen) atoms. The summed E-state index contributed by atoms with van der Waals surface area (Å²) in [5.74, 6) is 1.01. The van der Waals surface area contributed by atoms with E-state index in [4.69, 9.17) is 14.2 Å². The number of aromatic nitrogens is 2. The number of carbonyl (C=O) groups excluding carboxylic acids is 1. The molecule has 0 aliphatic carbocycles. The third-order valence-electron chi connectivity index (χ3n) is 5.18. The van der Waals surface area contributed by atoms with Crippen LogP contribution in [0.4, 0.5) is 0 Å². The van der Waals surface area contributed by atoms with Gasteiger partial charge in [0.15, 0.2) is 0 Å². The maximum Gasteiger partial charge on any atom is 0.355 e. The van der Waals surface area contributed by atoms with Crippen molar-refractivity contribution in [3.63, 3.8) is 0 Å². The van der Waals surface area contributed by atoms with E-state index >= 15 is 0 Å². The molecule has 4 aromatic rings. The lowest BCUT2D eigenvalue weighted by atomic mass is 10.0. The molecule has 2 aromatic carbocycles. The Balaban J connectivity index is 1.75. The van der Waals surface area contributed by atoms with Crippen LogP contribution >= 0.6 is 0 Å². The first-order valence-corrected chi connectivity index (χ1v) is 11.6. The van der Waals surface area contributed by atoms with Gasteiger partial charge in [-0.1, -0.05) is 18.2 Å². The van der Waals surface area contributed by atoms with Crippen molar-refractivity contribution in [2.24, 2.45) is 0 Å². The molecular weight excluding hydrogens is 428 g/mol. The van der Waals surface area contributed by atoms with E-state index in [9.17, 15) is 4.79 Å². The number of ether oxygens (including phenoxy) is 3. The molecule has 0 amide bonds. The highest BCUT2D eigenvalue weighted by Gasteiger charge is 2.19. The fraction of sp³-hybridized carbons (Fsp3) is 0.286. The highest BCUT2D eigenvalue weighted by atomic mass is 16.5. The van der Waals surface area contributed by atoms with Crippen LogP contribution in [0.25, 0.3) is 27.7 Å². The molecule has 176 valence electrons. The molecule has 6 heteroatoms. The molecule has 0 bridgehead atoms. The lowest BCUT2D eigenvalue weighted by molar-refractivity contribution is 0.0517. The molecule has 0 saturated carbocycles. The van der Waals surface area contributed by atoms with Gasteiger partial charge in [0.2, 0.25) is 5.88 Å². The number of esters is 1. The molecule has 6 nitrogen and oxygen atoms in total. The Morgan fingerprint density at radius 1 is 0.882 bits per heavy atom. The number of hydrogen-bond donors (Lipinski definition) is 0. The van der Waals surface area contributed by atoms with Crippen LogP contribution in [0.3, 0.4) is 0 Å². The second kappa shape index (κ2) is 10.00. The van der Waals surface area contributed by atoms with E-state index in [-0.39, 0.29) is 18.2 Å². The van der Waals surface area contributed by atoms with Gasteiger partial charge in [-0.3, -0.25) is 0 Å². The van der Waals surface area contributed by atoms with Crippen LogP contribution < -0.4 is 9.47 Å². The topological polar surface area (TPSA) is 62.6 Å². The van der Waals surface area contributed by atoms with Gasteiger partial charge in [-0.25, -0.2) is 9.78 Å². The summed E-state index contributed by atoms with van der Waals surface area (Å²) in [4.78, 5) is 17.2. The fourth-order valence-electron chi connectivity index (χ4n) is 3.84. The standard InChI is InChI=1S/C28H30N2O4/c1-6-32-28(31)26-16-22-15-21(20-7-11-24(12-8-20)33-18(2)3)9-13-25(22)30(26)23-10-14-27(29-17-23)34-19(4)5/h7-19H,6H2,1-5H3. The lowest BCUT2D eigenvalue weighted by Gasteiger charge is -2.12. The fourth-order valence-corrected chi connectivity index (χ4v) is 3.84. The van der Waals surface area contributed by atoms with E-state index in [1.807, 2.05) is 80.8 Å². The summed E-state index contributed by atoms with van der Waals surface area (Å²) in [5.41, 5.74) is 4.23. The number of pyridine rings is 1. The maximum atomic E-state index is 12.8. The molecule has 2 heterocycles. The summed E-state index contributed by atoms with van der Waals surface area (Å²) in [7, 11) is 0. The monoisotopic (exact) mass is 458 g/mol. The highest BCUT2D eigenvalue weighted by Crippen LogP contribution is 2.31. The first kappa shape index (κ1) is 23.4. The zero-order chi connectivity index (χ0) is 24.2. The molecule has 0 saturated heterocycles. The van der Waals surface area contributed by atoms with Crippen LogP contribution in [-0.2, 0) is 4.74 Å². The van der Waals surface area contributed by atoms with Crippen LogP contribution in [-0.4, -0.2) is 34.3 Å². The Bertz CT molecular complexity index is 1270. The predicted molar refractivity (Wildman–Crippen MR) is 134 cm³/mol. The molecule has 0 atom stereocenters. The number of rotatable bonds is 8. The number of nitrogens with zero attached hydrogens (tertiary/aromatic N) is 2. The van der Waals surface area contributed by atoms with Gasteiger partial charge < -0.3 is 18.8 Å². The Labute approximate surface area is 200 Å². The van der Waals surface area contributed by atoms with E-state index in [0.717, 1.165) is 33.5 Å². The van der Waals surface area contributed by atoms with Crippen LogP contribution in [0.1, 0.15) is 45.1 Å². The van der Waals surface area contributed by atoms with Crippen molar-refractivity contribution in [2.75, 3.05) is 6.61 Å². The van der Waals surface area contributed by atoms with E-state index in [0.29, 0.717) is 18.2 Å². The SMILES string of the molecule is CCOC(=O)c1cc2cc(-c3ccc(OC(C)C)cc3)ccc2n1-c1ccc(OC(C)C)nc1. The van der Waals surface area contributed by atoms with Gasteiger partial charge in [-0.15, -0.1) is 0 Å². The average Bonchev–Trinajstić information content (AvgIpc) is 3.18. The zero-order valence-corrected chi connectivity index (χ0v) is 20.2. The third-order valence-corrected chi connectivity index (χ3v) is 5.18. The van der Waals surface area contributed by atoms with Crippen LogP contribution in [0.5, 0.6) is 11.6 Å². The molecule has 4 rings (SSSR count). The van der Waals surface area contributed by atoms with E-state index in [2.05, 4.69) is 17.1 Å². The summed E-state index contributed by atoms with van der Waals surface area (Å²) in [6.07, 6.45) is 1.87. The van der Waals surface area contributed by atoms with E-state index < -0.39 is 0 Å². The second-order valence-corrected chi connectivity index (χ2v) is 8.57. The van der Waals surface area contributed by atoms with Crippen molar-refractivity contribution < 1.29 is 19.0 Å². The van der Waals surface area contributed by atoms with Crippen LogP contribution in [0.15, 0.2) is 66.9 Å². The van der Waals surface area contributed by atoms with Gasteiger partial charge in [0.1, 0.15) is 11.4 Å². The Hall–Kier alpha value is -3.80. The van der Waals surface area contributed by atoms with Crippen molar-refractivity contribution in [3.05, 3.63) is 72.6 Å². The molecule has 2 aromatic heterocycles. The predicted octanol–water partition coefficient (Wildman–Crippen LogP) is 6.44. The molecule has 0 unspecified atom stereocenters. The lowest BCUT2D eigenvalue weighted by Crippen LogP contribution is -2.11. The van der Waals surface area contributed by atoms with Crippen LogP contribution in [0, 0.1) is 0 Å². The van der Waals surface area contributed by atoms with Gasteiger partial charge >= 0.3 is 5.97 Å². The summed E-state index contributed by atoms with van der Waals surface area (Å²) < 4.78 is 18.6. The first-order valence-electron chi connectivity index (χ1n) is 11.6. The number of benzene rings is 2. The normalized spacial score (nSPS) is 11.3. The summed E-state index contributed by atoms with van der Waals surface area (Å²) in [6, 6.07) is 19.8. The molecule has 0 N–H and O–H groups in total. The van der Waals surface area contributed by atoms with Gasteiger partial charge in [-0.05, 0) is 82.1 Å². The molecule has 0 fully saturated rings. The quantitative estimate of drug-likeness (QED) is 0.284. The number of fused-ring (bicyclic) bond motifs is 1. The molecule has 0 radical (unpaired) electrons. The Morgan fingerprint density at radius 2 is 1.59 bits per heavy atom. The van der Waals surface area contributed by atoms with Gasteiger partial charge in [0.05, 0.1) is 36.2 Å². The number of hydrogen-bond acceptors (Lipinski definition) is 5. The van der Waals surface area contributed by atoms with Crippen molar-refractivity contribution in [1.82, 2.24) is 9.55 Å².